The van der Waals surface area contributed by atoms with Crippen molar-refractivity contribution in [2.75, 3.05) is 30.8 Å². The molecule has 1 aliphatic carbocycles. The number of anilines is 2. The monoisotopic (exact) mass is 751 g/mol. The number of ketones is 1. The molecule has 202 valence electrons. The van der Waals surface area contributed by atoms with E-state index in [9.17, 15) is 9.59 Å². The molecule has 0 aliphatic heterocycles. The molecule has 0 radical (unpaired) electrons. The van der Waals surface area contributed by atoms with Gasteiger partial charge >= 0.3 is 31.1 Å². The van der Waals surface area contributed by atoms with Crippen LogP contribution in [-0.2, 0) is 11.2 Å². The molecule has 3 N–H and O–H groups in total. The van der Waals surface area contributed by atoms with Crippen LogP contribution in [0.25, 0.3) is 0 Å². The number of amides is 1. The van der Waals surface area contributed by atoms with Crippen LogP contribution in [0, 0.1) is 63.4 Å². The molecule has 0 saturated heterocycles. The number of halogens is 1. The van der Waals surface area contributed by atoms with Gasteiger partial charge < -0.3 is 23.4 Å². The number of Topliss-reactive ketones (excluding diaryl/α,β-unsaturated/α-hetero) is 1. The number of hydrogen-bond acceptors (Lipinski definition) is 4. The van der Waals surface area contributed by atoms with Crippen LogP contribution in [0.1, 0.15) is 74.4 Å². The third kappa shape index (κ3) is 11.9. The van der Waals surface area contributed by atoms with Gasteiger partial charge in [0, 0.05) is 30.3 Å². The Bertz CT molecular complexity index is 975. The normalized spacial score (nSPS) is 16.3. The molecule has 1 aliphatic rings. The van der Waals surface area contributed by atoms with Crippen LogP contribution in [0.2, 0.25) is 5.02 Å². The number of nitrogens with one attached hydrogen (secondary N) is 3. The summed E-state index contributed by atoms with van der Waals surface area (Å²) in [4.78, 5) is 23.7. The Labute approximate surface area is 253 Å². The number of likely N-dealkylation sites (N-methyl/N-ethyl adjacent to an activating group) is 1. The summed E-state index contributed by atoms with van der Waals surface area (Å²) >= 11 is 5.85. The average Bonchev–Trinajstić information content (AvgIpc) is 2.84. The molecule has 1 amide bonds. The maximum atomic E-state index is 12.1. The molecule has 1 fully saturated rings. The Hall–Kier alpha value is -1.32. The van der Waals surface area contributed by atoms with Gasteiger partial charge in [-0.05, 0) is 82.2 Å². The van der Waals surface area contributed by atoms with Crippen molar-refractivity contribution >= 4 is 34.7 Å². The Kier molecular flexibility index (Phi) is 18.2. The Morgan fingerprint density at radius 3 is 2.27 bits per heavy atom. The largest absolute Gasteiger partial charge is 2.00 e. The predicted octanol–water partition coefficient (Wildman–Crippen LogP) is 7.14. The maximum Gasteiger partial charge on any atom is 2.00 e. The van der Waals surface area contributed by atoms with E-state index in [1.807, 2.05) is 19.2 Å². The van der Waals surface area contributed by atoms with Crippen molar-refractivity contribution in [3.8, 4) is 0 Å². The fourth-order valence-corrected chi connectivity index (χ4v) is 4.81. The van der Waals surface area contributed by atoms with Crippen LogP contribution < -0.4 is 16.0 Å². The summed E-state index contributed by atoms with van der Waals surface area (Å²) in [5, 5.41) is 9.87. The van der Waals surface area contributed by atoms with Crippen LogP contribution in [0.15, 0.2) is 30.3 Å². The second-order valence-electron chi connectivity index (χ2n) is 9.30. The predicted molar refractivity (Wildman–Crippen MR) is 154 cm³/mol. The van der Waals surface area contributed by atoms with E-state index in [2.05, 4.69) is 48.9 Å². The van der Waals surface area contributed by atoms with Crippen molar-refractivity contribution < 1.29 is 40.7 Å². The van der Waals surface area contributed by atoms with Crippen LogP contribution in [0.4, 0.5) is 11.4 Å². The summed E-state index contributed by atoms with van der Waals surface area (Å²) in [6, 6.07) is 12.2. The van der Waals surface area contributed by atoms with E-state index in [1.165, 1.54) is 24.8 Å². The fraction of sp³-hybridized carbons (Fsp3) is 0.500. The first-order chi connectivity index (χ1) is 16.8. The Morgan fingerprint density at radius 1 is 1.05 bits per heavy atom. The van der Waals surface area contributed by atoms with E-state index in [0.29, 0.717) is 5.02 Å². The number of aryl methyl sites for hydroxylation is 1. The zero-order valence-corrected chi connectivity index (χ0v) is 28.3. The first-order valence-electron chi connectivity index (χ1n) is 12.8. The fourth-order valence-electron chi connectivity index (χ4n) is 4.63. The van der Waals surface area contributed by atoms with Crippen molar-refractivity contribution in [3.63, 3.8) is 0 Å². The Morgan fingerprint density at radius 2 is 1.73 bits per heavy atom. The number of benzene rings is 2. The van der Waals surface area contributed by atoms with Gasteiger partial charge in [0.15, 0.2) is 5.78 Å². The molecule has 0 unspecified atom stereocenters. The molecule has 0 aromatic heterocycles. The quantitative estimate of drug-likeness (QED) is 0.145. The van der Waals surface area contributed by atoms with Crippen LogP contribution in [0.3, 0.4) is 0 Å². The van der Waals surface area contributed by atoms with Crippen molar-refractivity contribution in [1.82, 2.24) is 5.32 Å². The van der Waals surface area contributed by atoms with Crippen LogP contribution in [0.5, 0.6) is 0 Å². The van der Waals surface area contributed by atoms with Gasteiger partial charge in [0.05, 0.1) is 0 Å². The van der Waals surface area contributed by atoms with Crippen molar-refractivity contribution in [3.05, 3.63) is 65.5 Å². The molecule has 0 bridgehead atoms. The standard InChI is InChI=1S/C15H19ClNO.C14H22N2O.CH3.U/c1-2-11-6-8-12(9-7-11)15(18)17-14-5-3-4-13(16)10-14;1-5-13-10(2)8-12(16-7-6-15-4)9-14(13)11(3)17;;/h3,5,10-12H,2,6-9H2,1H3,(H,17,18);8-9,15-16H,5-7H2,1-4H3;1H3;/q-1;;-1;+2. The molecule has 0 spiro atoms. The van der Waals surface area contributed by atoms with Gasteiger partial charge in [-0.2, -0.15) is 12.1 Å². The van der Waals surface area contributed by atoms with E-state index < -0.39 is 0 Å². The zero-order valence-electron chi connectivity index (χ0n) is 23.4. The smallest absolute Gasteiger partial charge is 0.384 e. The van der Waals surface area contributed by atoms with Crippen molar-refractivity contribution in [2.24, 2.45) is 11.8 Å². The number of carbonyl (C=O) groups excluding carboxylic acids is 2. The molecule has 3 rings (SSSR count). The molecular weight excluding hydrogens is 708 g/mol. The van der Waals surface area contributed by atoms with Gasteiger partial charge in [-0.3, -0.25) is 9.59 Å². The maximum absolute atomic E-state index is 12.1. The number of carbonyl (C=O) groups is 2. The van der Waals surface area contributed by atoms with Gasteiger partial charge in [-0.25, -0.2) is 0 Å². The summed E-state index contributed by atoms with van der Waals surface area (Å²) in [6.07, 6.45) is 6.51. The third-order valence-corrected chi connectivity index (χ3v) is 6.96. The second-order valence-corrected chi connectivity index (χ2v) is 9.71. The van der Waals surface area contributed by atoms with Gasteiger partial charge in [0.1, 0.15) is 0 Å². The molecule has 2 aromatic carbocycles. The first-order valence-corrected chi connectivity index (χ1v) is 13.2. The zero-order chi connectivity index (χ0) is 25.8. The van der Waals surface area contributed by atoms with E-state index in [-0.39, 0.29) is 56.1 Å². The number of hydrogen-bond donors (Lipinski definition) is 3. The molecule has 0 atom stereocenters. The van der Waals surface area contributed by atoms with E-state index in [4.69, 9.17) is 11.6 Å². The van der Waals surface area contributed by atoms with E-state index in [0.717, 1.165) is 60.8 Å². The third-order valence-electron chi connectivity index (χ3n) is 6.74. The van der Waals surface area contributed by atoms with E-state index >= 15 is 0 Å². The van der Waals surface area contributed by atoms with Crippen LogP contribution >= 0.6 is 11.6 Å². The summed E-state index contributed by atoms with van der Waals surface area (Å²) in [5.74, 6) is 1.25. The summed E-state index contributed by atoms with van der Waals surface area (Å²) in [6.45, 7) is 9.78. The molecule has 2 aromatic rings. The molecule has 1 saturated carbocycles. The Balaban J connectivity index is 0.000000666. The van der Waals surface area contributed by atoms with Gasteiger partial charge in [0.2, 0.25) is 5.91 Å². The van der Waals surface area contributed by atoms with Gasteiger partial charge in [0.25, 0.3) is 0 Å². The summed E-state index contributed by atoms with van der Waals surface area (Å²) in [7, 11) is 1.92. The number of rotatable bonds is 9. The topological polar surface area (TPSA) is 70.2 Å². The molecule has 0 heterocycles. The van der Waals surface area contributed by atoms with Crippen molar-refractivity contribution in [2.45, 2.75) is 66.2 Å². The van der Waals surface area contributed by atoms with Gasteiger partial charge in [-0.15, -0.1) is 23.7 Å². The minimum absolute atomic E-state index is 0. The van der Waals surface area contributed by atoms with Gasteiger partial charge in [-0.1, -0.05) is 31.0 Å². The van der Waals surface area contributed by atoms with E-state index in [1.54, 1.807) is 19.1 Å². The SMILES string of the molecule is CCC1CCC(C(=O)Nc2cc[c-]c(Cl)c2)CC1.CCc1c(C)cc(NCCNC)cc1C(C)=O.[CH3-].[U+2]. The molecule has 7 heteroatoms. The molecule has 5 nitrogen and oxygen atoms in total. The van der Waals surface area contributed by atoms with Crippen molar-refractivity contribution in [1.29, 1.82) is 0 Å². The minimum atomic E-state index is 0. The van der Waals surface area contributed by atoms with Crippen LogP contribution in [-0.4, -0.2) is 31.8 Å². The molecular formula is C30H44ClN3O2U. The summed E-state index contributed by atoms with van der Waals surface area (Å²) < 4.78 is 0. The minimum Gasteiger partial charge on any atom is -0.384 e. The average molecular weight is 752 g/mol. The second kappa shape index (κ2) is 18.9. The molecule has 37 heavy (non-hydrogen) atoms. The summed E-state index contributed by atoms with van der Waals surface area (Å²) in [5.41, 5.74) is 4.99. The first kappa shape index (κ1) is 35.7.